The quantitative estimate of drug-likeness (QED) is 0.166. The van der Waals surface area contributed by atoms with Gasteiger partial charge in [0.05, 0.1) is 38.8 Å². The molecule has 1 aliphatic rings. The van der Waals surface area contributed by atoms with Gasteiger partial charge in [-0.05, 0) is 88.6 Å². The number of hydrogen-bond acceptors (Lipinski definition) is 2. The summed E-state index contributed by atoms with van der Waals surface area (Å²) >= 11 is 0. The van der Waals surface area contributed by atoms with Crippen LogP contribution in [0.3, 0.4) is 0 Å². The molecule has 3 aromatic heterocycles. The zero-order chi connectivity index (χ0) is 37.2. The molecule has 1 aliphatic heterocycles. The van der Waals surface area contributed by atoms with Gasteiger partial charge in [0.1, 0.15) is 5.82 Å². The first kappa shape index (κ1) is 34.6. The van der Waals surface area contributed by atoms with Crippen molar-refractivity contribution >= 4 is 49.4 Å². The summed E-state index contributed by atoms with van der Waals surface area (Å²) in [6.07, 6.45) is 0. The molecule has 11 rings (SSSR count). The molecular weight excluding hydrogens is 861 g/mol. The fourth-order valence-electron chi connectivity index (χ4n) is 9.47. The first-order valence-electron chi connectivity index (χ1n) is 19.2. The normalized spacial score (nSPS) is 13.4. The molecule has 0 atom stereocenters. The number of aromatic nitrogens is 4. The van der Waals surface area contributed by atoms with Gasteiger partial charge in [0, 0.05) is 36.3 Å². The van der Waals surface area contributed by atoms with E-state index >= 15 is 0 Å². The molecule has 4 nitrogen and oxygen atoms in total. The van der Waals surface area contributed by atoms with Gasteiger partial charge in [-0.3, -0.25) is 9.97 Å². The second-order valence-electron chi connectivity index (χ2n) is 16.3. The molecule has 0 fully saturated rings. The van der Waals surface area contributed by atoms with Crippen LogP contribution in [0, 0.1) is 19.9 Å². The number of nitrogens with zero attached hydrogens (tertiary/aromatic N) is 4. The van der Waals surface area contributed by atoms with Gasteiger partial charge in [-0.2, -0.15) is 0 Å². The smallest absolute Gasteiger partial charge is 0.102 e. The third-order valence-corrected chi connectivity index (χ3v) is 12.0. The van der Waals surface area contributed by atoms with Crippen LogP contribution < -0.4 is 0 Å². The summed E-state index contributed by atoms with van der Waals surface area (Å²) in [7, 11) is 0. The van der Waals surface area contributed by atoms with Gasteiger partial charge in [0.2, 0.25) is 0 Å². The Labute approximate surface area is 339 Å². The Morgan fingerprint density at radius 3 is 2.04 bits per heavy atom. The van der Waals surface area contributed by atoms with Crippen LogP contribution in [0.15, 0.2) is 146 Å². The molecular formula is C51H39IrN4-. The van der Waals surface area contributed by atoms with Crippen molar-refractivity contribution in [3.63, 3.8) is 0 Å². The van der Waals surface area contributed by atoms with Crippen LogP contribution in [0.1, 0.15) is 60.0 Å². The molecule has 0 saturated carbocycles. The molecule has 56 heavy (non-hydrogen) atoms. The second kappa shape index (κ2) is 12.3. The molecule has 0 aliphatic carbocycles. The summed E-state index contributed by atoms with van der Waals surface area (Å²) in [6, 6.07) is 57.1. The van der Waals surface area contributed by atoms with Gasteiger partial charge in [-0.15, -0.1) is 18.2 Å². The zero-order valence-electron chi connectivity index (χ0n) is 32.0. The van der Waals surface area contributed by atoms with Crippen LogP contribution in [-0.2, 0) is 30.9 Å². The zero-order valence-corrected chi connectivity index (χ0v) is 34.4. The predicted molar refractivity (Wildman–Crippen MR) is 227 cm³/mol. The van der Waals surface area contributed by atoms with Crippen LogP contribution in [0.4, 0.5) is 0 Å². The average molecular weight is 900 g/mol. The topological polar surface area (TPSA) is 35.1 Å². The largest absolute Gasteiger partial charge is 0.321 e. The Balaban J connectivity index is 0.00000384. The van der Waals surface area contributed by atoms with Crippen LogP contribution in [0.2, 0.25) is 0 Å². The third-order valence-electron chi connectivity index (χ3n) is 12.0. The van der Waals surface area contributed by atoms with Crippen molar-refractivity contribution in [1.29, 1.82) is 0 Å². The minimum Gasteiger partial charge on any atom is -0.321 e. The predicted octanol–water partition coefficient (Wildman–Crippen LogP) is 12.2. The van der Waals surface area contributed by atoms with Crippen molar-refractivity contribution in [2.24, 2.45) is 0 Å². The molecule has 273 valence electrons. The van der Waals surface area contributed by atoms with Crippen molar-refractivity contribution in [3.05, 3.63) is 191 Å². The number of imidazole rings is 1. The number of para-hydroxylation sites is 2. The summed E-state index contributed by atoms with van der Waals surface area (Å²) < 4.78 is 4.76. The third kappa shape index (κ3) is 4.62. The van der Waals surface area contributed by atoms with E-state index in [2.05, 4.69) is 189 Å². The maximum absolute atomic E-state index is 5.52. The fourth-order valence-corrected chi connectivity index (χ4v) is 9.47. The first-order valence-corrected chi connectivity index (χ1v) is 19.2. The molecule has 0 unspecified atom stereocenters. The van der Waals surface area contributed by atoms with Crippen LogP contribution in [0.25, 0.3) is 66.2 Å². The summed E-state index contributed by atoms with van der Waals surface area (Å²) in [5, 5.41) is 3.39. The summed E-state index contributed by atoms with van der Waals surface area (Å²) in [5.41, 5.74) is 16.6. The first-order chi connectivity index (χ1) is 26.7. The van der Waals surface area contributed by atoms with E-state index in [4.69, 9.17) is 9.97 Å². The molecule has 4 heterocycles. The summed E-state index contributed by atoms with van der Waals surface area (Å²) in [4.78, 5) is 10.8. The van der Waals surface area contributed by atoms with Gasteiger partial charge < -0.3 is 8.97 Å². The molecule has 5 heteroatoms. The SMILES string of the molecule is Cc1cc2nc3c4[c-]ccc(-c5ccc6c(c5)c5cccc7c5n6-c5ccccc5C7(c5ccccc5)c5ccccc5)c4nc(C(C)(C)C)n3c2cc1C.[Ir]. The Kier molecular flexibility index (Phi) is 7.61. The van der Waals surface area contributed by atoms with E-state index in [1.807, 2.05) is 6.07 Å². The van der Waals surface area contributed by atoms with E-state index in [1.165, 1.54) is 60.9 Å². The van der Waals surface area contributed by atoms with Crippen LogP contribution in [-0.4, -0.2) is 18.9 Å². The van der Waals surface area contributed by atoms with Gasteiger partial charge >= 0.3 is 0 Å². The van der Waals surface area contributed by atoms with E-state index in [0.29, 0.717) is 0 Å². The number of fused-ring (bicyclic) bond motifs is 10. The number of rotatable bonds is 3. The molecule has 0 spiro atoms. The average Bonchev–Trinajstić information content (AvgIpc) is 3.74. The Morgan fingerprint density at radius 2 is 1.30 bits per heavy atom. The van der Waals surface area contributed by atoms with Crippen LogP contribution in [0.5, 0.6) is 0 Å². The monoisotopic (exact) mass is 900 g/mol. The van der Waals surface area contributed by atoms with E-state index in [-0.39, 0.29) is 25.5 Å². The standard InChI is InChI=1S/C51H39N4.Ir/c1-31-28-42-45(29-32(31)2)55-48(52-42)38-22-14-20-36(46(38)53-49(55)50(3,4)5)33-26-27-43-39(30-33)37-21-15-24-41-47(37)54(43)44-25-13-12-23-40(44)51(41,34-16-8-6-9-17-34)35-18-10-7-11-19-35;/h6-21,23-30H,1-5H3;/q-1;. The Bertz CT molecular complexity index is 3160. The molecule has 0 bridgehead atoms. The van der Waals surface area contributed by atoms with Crippen LogP contribution >= 0.6 is 0 Å². The molecule has 0 saturated heterocycles. The van der Waals surface area contributed by atoms with Gasteiger partial charge in [-0.1, -0.05) is 135 Å². The van der Waals surface area contributed by atoms with E-state index in [9.17, 15) is 0 Å². The fraction of sp³-hybridized carbons (Fsp3) is 0.137. The molecule has 1 radical (unpaired) electrons. The maximum Gasteiger partial charge on any atom is 0.102 e. The number of benzene rings is 7. The van der Waals surface area contributed by atoms with Gasteiger partial charge in [0.25, 0.3) is 0 Å². The second-order valence-corrected chi connectivity index (χ2v) is 16.3. The summed E-state index contributed by atoms with van der Waals surface area (Å²) in [5.74, 6) is 0.990. The van der Waals surface area contributed by atoms with Crippen molar-refractivity contribution in [2.75, 3.05) is 0 Å². The van der Waals surface area contributed by atoms with Crippen molar-refractivity contribution in [2.45, 2.75) is 45.4 Å². The van der Waals surface area contributed by atoms with Gasteiger partial charge in [0.15, 0.2) is 0 Å². The minimum atomic E-state index is -0.499. The molecule has 7 aromatic carbocycles. The maximum atomic E-state index is 5.52. The van der Waals surface area contributed by atoms with E-state index in [0.717, 1.165) is 44.5 Å². The number of hydrogen-bond donors (Lipinski definition) is 0. The van der Waals surface area contributed by atoms with E-state index < -0.39 is 5.41 Å². The van der Waals surface area contributed by atoms with Crippen molar-refractivity contribution in [1.82, 2.24) is 18.9 Å². The van der Waals surface area contributed by atoms with E-state index in [1.54, 1.807) is 0 Å². The molecule has 10 aromatic rings. The Hall–Kier alpha value is -5.87. The molecule has 0 N–H and O–H groups in total. The van der Waals surface area contributed by atoms with Crippen molar-refractivity contribution in [3.8, 4) is 16.8 Å². The molecule has 0 amide bonds. The Morgan fingerprint density at radius 1 is 0.625 bits per heavy atom. The minimum absolute atomic E-state index is 0. The van der Waals surface area contributed by atoms with Gasteiger partial charge in [-0.25, -0.2) is 0 Å². The number of aryl methyl sites for hydroxylation is 2. The van der Waals surface area contributed by atoms with Crippen molar-refractivity contribution < 1.29 is 20.1 Å². The summed E-state index contributed by atoms with van der Waals surface area (Å²) in [6.45, 7) is 11.0.